The topological polar surface area (TPSA) is 54.5 Å². The lowest BCUT2D eigenvalue weighted by atomic mass is 9.70. The second-order valence-electron chi connectivity index (χ2n) is 8.71. The number of hydrogen-bond donors (Lipinski definition) is 0. The maximum absolute atomic E-state index is 12.9. The van der Waals surface area contributed by atoms with Gasteiger partial charge in [-0.1, -0.05) is 33.1 Å². The van der Waals surface area contributed by atoms with Crippen LogP contribution in [0.4, 0.5) is 0 Å². The summed E-state index contributed by atoms with van der Waals surface area (Å²) in [5.41, 5.74) is -0.819. The number of Topliss-reactive ketones (excluding diaryl/α,β-unsaturated/α-hetero) is 1. The molecule has 3 aliphatic rings. The maximum atomic E-state index is 12.9. The lowest BCUT2D eigenvalue weighted by Crippen LogP contribution is -2.46. The summed E-state index contributed by atoms with van der Waals surface area (Å²) in [5, 5.41) is 0. The van der Waals surface area contributed by atoms with Crippen LogP contribution in [0.5, 0.6) is 0 Å². The first kappa shape index (κ1) is 17.4. The molecule has 5 heteroatoms. The van der Waals surface area contributed by atoms with Crippen LogP contribution in [0.15, 0.2) is 0 Å². The highest BCUT2D eigenvalue weighted by molar-refractivity contribution is 7.89. The first-order chi connectivity index (χ1) is 10.7. The van der Waals surface area contributed by atoms with Crippen molar-refractivity contribution in [2.24, 2.45) is 22.7 Å². The number of carbonyl (C=O) groups is 1. The van der Waals surface area contributed by atoms with E-state index in [0.29, 0.717) is 24.8 Å². The zero-order chi connectivity index (χ0) is 16.9. The molecule has 3 aliphatic carbocycles. The van der Waals surface area contributed by atoms with E-state index >= 15 is 0 Å². The normalized spacial score (nSPS) is 34.4. The number of nitrogens with zero attached hydrogens (tertiary/aromatic N) is 1. The molecular formula is C18H31NO3S. The predicted octanol–water partition coefficient (Wildman–Crippen LogP) is 3.22. The number of rotatable bonds is 5. The van der Waals surface area contributed by atoms with Crippen molar-refractivity contribution in [2.75, 3.05) is 19.3 Å². The van der Waals surface area contributed by atoms with Crippen molar-refractivity contribution in [1.82, 2.24) is 4.31 Å². The Morgan fingerprint density at radius 2 is 1.78 bits per heavy atom. The van der Waals surface area contributed by atoms with Gasteiger partial charge in [-0.3, -0.25) is 4.79 Å². The van der Waals surface area contributed by atoms with Crippen LogP contribution < -0.4 is 0 Å². The molecule has 0 unspecified atom stereocenters. The Labute approximate surface area is 141 Å². The number of sulfonamides is 1. The van der Waals surface area contributed by atoms with Gasteiger partial charge in [-0.2, -0.15) is 0 Å². The van der Waals surface area contributed by atoms with Gasteiger partial charge in [0.2, 0.25) is 10.0 Å². The minimum atomic E-state index is -3.38. The van der Waals surface area contributed by atoms with Crippen LogP contribution in [0.3, 0.4) is 0 Å². The fourth-order valence-corrected chi connectivity index (χ4v) is 7.34. The van der Waals surface area contributed by atoms with Crippen LogP contribution in [0.2, 0.25) is 0 Å². The third-order valence-electron chi connectivity index (χ3n) is 7.28. The van der Waals surface area contributed by atoms with E-state index in [4.69, 9.17) is 0 Å². The van der Waals surface area contributed by atoms with E-state index in [9.17, 15) is 13.2 Å². The van der Waals surface area contributed by atoms with Gasteiger partial charge in [-0.05, 0) is 42.9 Å². The largest absolute Gasteiger partial charge is 0.299 e. The Morgan fingerprint density at radius 3 is 2.30 bits per heavy atom. The van der Waals surface area contributed by atoms with E-state index in [1.807, 2.05) is 0 Å². The quantitative estimate of drug-likeness (QED) is 0.771. The summed E-state index contributed by atoms with van der Waals surface area (Å²) in [7, 11) is -1.67. The third kappa shape index (κ3) is 2.78. The molecule has 3 saturated carbocycles. The van der Waals surface area contributed by atoms with Gasteiger partial charge in [-0.15, -0.1) is 0 Å². The number of fused-ring (bicyclic) bond motifs is 2. The van der Waals surface area contributed by atoms with E-state index in [0.717, 1.165) is 25.7 Å². The molecule has 2 bridgehead atoms. The molecule has 0 aromatic heterocycles. The van der Waals surface area contributed by atoms with Gasteiger partial charge in [0.25, 0.3) is 0 Å². The first-order valence-corrected chi connectivity index (χ1v) is 10.8. The Bertz CT molecular complexity index is 577. The van der Waals surface area contributed by atoms with Crippen molar-refractivity contribution in [1.29, 1.82) is 0 Å². The molecule has 0 amide bonds. The van der Waals surface area contributed by atoms with Gasteiger partial charge in [0.05, 0.1) is 5.75 Å². The second-order valence-corrected chi connectivity index (χ2v) is 10.8. The summed E-state index contributed by atoms with van der Waals surface area (Å²) in [6.07, 6.45) is 8.32. The molecule has 0 heterocycles. The van der Waals surface area contributed by atoms with Crippen LogP contribution in [0.25, 0.3) is 0 Å². The summed E-state index contributed by atoms with van der Waals surface area (Å²) in [4.78, 5) is 12.6. The van der Waals surface area contributed by atoms with Crippen molar-refractivity contribution in [3.63, 3.8) is 0 Å². The monoisotopic (exact) mass is 341 g/mol. The first-order valence-electron chi connectivity index (χ1n) is 9.16. The van der Waals surface area contributed by atoms with E-state index in [2.05, 4.69) is 13.8 Å². The SMILES string of the molecule is CN(CC1CCCCC1)S(=O)(=O)C[C@@]12CC[C@@H](CC1=O)C2(C)C. The standard InChI is InChI=1S/C18H31NO3S/c1-17(2)15-9-10-18(17,16(20)11-15)13-23(21,22)19(3)12-14-7-5-4-6-8-14/h14-15H,4-13H2,1-3H3/t15-,18-/m0/s1. The molecule has 0 spiro atoms. The van der Waals surface area contributed by atoms with Crippen LogP contribution in [-0.2, 0) is 14.8 Å². The van der Waals surface area contributed by atoms with Crippen LogP contribution >= 0.6 is 0 Å². The molecule has 0 aliphatic heterocycles. The fourth-order valence-electron chi connectivity index (χ4n) is 5.38. The molecular weight excluding hydrogens is 310 g/mol. The van der Waals surface area contributed by atoms with Crippen LogP contribution in [0, 0.1) is 22.7 Å². The van der Waals surface area contributed by atoms with E-state index in [1.54, 1.807) is 11.4 Å². The Hall–Kier alpha value is -0.420. The highest BCUT2D eigenvalue weighted by atomic mass is 32.2. The molecule has 0 saturated heterocycles. The minimum absolute atomic E-state index is 0.0194. The number of ketones is 1. The van der Waals surface area contributed by atoms with Gasteiger partial charge in [0, 0.05) is 25.4 Å². The molecule has 4 nitrogen and oxygen atoms in total. The maximum Gasteiger partial charge on any atom is 0.214 e. The average molecular weight is 342 g/mol. The summed E-state index contributed by atoms with van der Waals surface area (Å²) in [5.74, 6) is 1.07. The Kier molecular flexibility index (Phi) is 4.41. The summed E-state index contributed by atoms with van der Waals surface area (Å²) >= 11 is 0. The Balaban J connectivity index is 1.74. The zero-order valence-corrected chi connectivity index (χ0v) is 15.6. The van der Waals surface area contributed by atoms with Crippen molar-refractivity contribution in [3.8, 4) is 0 Å². The molecule has 3 rings (SSSR count). The van der Waals surface area contributed by atoms with Gasteiger partial charge >= 0.3 is 0 Å². The third-order valence-corrected chi connectivity index (χ3v) is 9.24. The zero-order valence-electron chi connectivity index (χ0n) is 14.8. The smallest absolute Gasteiger partial charge is 0.214 e. The van der Waals surface area contributed by atoms with Crippen molar-refractivity contribution >= 4 is 15.8 Å². The van der Waals surface area contributed by atoms with Gasteiger partial charge in [0.15, 0.2) is 0 Å². The molecule has 23 heavy (non-hydrogen) atoms. The Morgan fingerprint density at radius 1 is 1.13 bits per heavy atom. The molecule has 3 fully saturated rings. The average Bonchev–Trinajstić information content (AvgIpc) is 2.82. The summed E-state index contributed by atoms with van der Waals surface area (Å²) in [6.45, 7) is 4.83. The van der Waals surface area contributed by atoms with Gasteiger partial charge in [-0.25, -0.2) is 12.7 Å². The van der Waals surface area contributed by atoms with Crippen LogP contribution in [0.1, 0.15) is 65.2 Å². The number of hydrogen-bond acceptors (Lipinski definition) is 3. The van der Waals surface area contributed by atoms with Crippen molar-refractivity contribution in [2.45, 2.75) is 65.2 Å². The lowest BCUT2D eigenvalue weighted by molar-refractivity contribution is -0.128. The van der Waals surface area contributed by atoms with E-state index < -0.39 is 15.4 Å². The molecule has 0 aromatic rings. The minimum Gasteiger partial charge on any atom is -0.299 e. The molecule has 2 atom stereocenters. The van der Waals surface area contributed by atoms with Crippen molar-refractivity contribution < 1.29 is 13.2 Å². The lowest BCUT2D eigenvalue weighted by Gasteiger charge is -2.37. The van der Waals surface area contributed by atoms with E-state index in [1.165, 1.54) is 19.3 Å². The highest BCUT2D eigenvalue weighted by Crippen LogP contribution is 2.64. The summed E-state index contributed by atoms with van der Waals surface area (Å²) < 4.78 is 27.4. The second kappa shape index (κ2) is 5.83. The molecule has 0 radical (unpaired) electrons. The predicted molar refractivity (Wildman–Crippen MR) is 91.6 cm³/mol. The fraction of sp³-hybridized carbons (Fsp3) is 0.944. The summed E-state index contributed by atoms with van der Waals surface area (Å²) in [6, 6.07) is 0. The van der Waals surface area contributed by atoms with Crippen molar-refractivity contribution in [3.05, 3.63) is 0 Å². The number of carbonyl (C=O) groups excluding carboxylic acids is 1. The van der Waals surface area contributed by atoms with Gasteiger partial charge < -0.3 is 0 Å². The van der Waals surface area contributed by atoms with Crippen LogP contribution in [-0.4, -0.2) is 37.9 Å². The molecule has 0 aromatic carbocycles. The van der Waals surface area contributed by atoms with Gasteiger partial charge in [0.1, 0.15) is 5.78 Å². The highest BCUT2D eigenvalue weighted by Gasteiger charge is 2.65. The molecule has 132 valence electrons. The molecule has 0 N–H and O–H groups in total. The van der Waals surface area contributed by atoms with E-state index in [-0.39, 0.29) is 17.0 Å².